The van der Waals surface area contributed by atoms with E-state index in [1.165, 1.54) is 12.1 Å². The Morgan fingerprint density at radius 2 is 2.16 bits per heavy atom. The summed E-state index contributed by atoms with van der Waals surface area (Å²) in [7, 11) is 0. The number of rotatable bonds is 4. The third kappa shape index (κ3) is 3.73. The van der Waals surface area contributed by atoms with Crippen LogP contribution in [0, 0.1) is 5.82 Å². The van der Waals surface area contributed by atoms with Crippen molar-refractivity contribution in [3.63, 3.8) is 0 Å². The molecule has 0 fully saturated rings. The van der Waals surface area contributed by atoms with Crippen molar-refractivity contribution in [2.45, 2.75) is 12.5 Å². The van der Waals surface area contributed by atoms with E-state index in [1.54, 1.807) is 18.5 Å². The Labute approximate surface area is 124 Å². The lowest BCUT2D eigenvalue weighted by Gasteiger charge is -2.17. The molecule has 0 aliphatic carbocycles. The summed E-state index contributed by atoms with van der Waals surface area (Å²) in [5.74, 6) is 5.18. The number of benzene rings is 1. The van der Waals surface area contributed by atoms with E-state index in [0.29, 0.717) is 17.0 Å². The molecule has 0 saturated carbocycles. The van der Waals surface area contributed by atoms with Crippen molar-refractivity contribution in [2.75, 3.05) is 0 Å². The van der Waals surface area contributed by atoms with Crippen LogP contribution in [0.15, 0.2) is 41.1 Å². The van der Waals surface area contributed by atoms with E-state index in [2.05, 4.69) is 26.3 Å². The van der Waals surface area contributed by atoms with E-state index in [1.807, 2.05) is 6.07 Å². The Bertz CT molecular complexity index is 580. The van der Waals surface area contributed by atoms with Crippen LogP contribution in [0.4, 0.5) is 4.39 Å². The fourth-order valence-corrected chi connectivity index (χ4v) is 2.44. The van der Waals surface area contributed by atoms with Gasteiger partial charge in [-0.05, 0) is 52.2 Å². The standard InChI is InChI=1S/C13H12BrClFN3/c14-9-3-8(6-18-7-9)4-13(19-17)11-5-10(15)1-2-12(11)16/h1-3,5-7,13,19H,4,17H2. The van der Waals surface area contributed by atoms with Gasteiger partial charge in [0.15, 0.2) is 0 Å². The van der Waals surface area contributed by atoms with Crippen LogP contribution in [0.3, 0.4) is 0 Å². The van der Waals surface area contributed by atoms with Gasteiger partial charge < -0.3 is 0 Å². The summed E-state index contributed by atoms with van der Waals surface area (Å²) in [4.78, 5) is 4.07. The van der Waals surface area contributed by atoms with Gasteiger partial charge >= 0.3 is 0 Å². The molecule has 0 saturated heterocycles. The minimum Gasteiger partial charge on any atom is -0.271 e. The van der Waals surface area contributed by atoms with Gasteiger partial charge in [0.05, 0.1) is 6.04 Å². The highest BCUT2D eigenvalue weighted by molar-refractivity contribution is 9.10. The second-order valence-electron chi connectivity index (χ2n) is 4.10. The first kappa shape index (κ1) is 14.4. The molecular weight excluding hydrogens is 333 g/mol. The van der Waals surface area contributed by atoms with Gasteiger partial charge in [-0.15, -0.1) is 0 Å². The number of aromatic nitrogens is 1. The Kier molecular flexibility index (Phi) is 4.87. The van der Waals surface area contributed by atoms with Gasteiger partial charge in [0, 0.05) is 27.5 Å². The zero-order valence-electron chi connectivity index (χ0n) is 9.91. The summed E-state index contributed by atoms with van der Waals surface area (Å²) in [6.45, 7) is 0. The van der Waals surface area contributed by atoms with Crippen molar-refractivity contribution in [2.24, 2.45) is 5.84 Å². The number of halogens is 3. The van der Waals surface area contributed by atoms with Crippen molar-refractivity contribution in [1.29, 1.82) is 0 Å². The molecule has 2 aromatic rings. The van der Waals surface area contributed by atoms with Crippen LogP contribution in [-0.2, 0) is 6.42 Å². The van der Waals surface area contributed by atoms with Crippen LogP contribution < -0.4 is 11.3 Å². The normalized spacial score (nSPS) is 12.4. The predicted molar refractivity (Wildman–Crippen MR) is 77.1 cm³/mol. The molecule has 1 aromatic heterocycles. The minimum absolute atomic E-state index is 0.338. The summed E-state index contributed by atoms with van der Waals surface area (Å²) in [5, 5.41) is 0.476. The number of pyridine rings is 1. The monoisotopic (exact) mass is 343 g/mol. The summed E-state index contributed by atoms with van der Waals surface area (Å²) in [6, 6.07) is 5.97. The molecule has 19 heavy (non-hydrogen) atoms. The zero-order chi connectivity index (χ0) is 13.8. The lowest BCUT2D eigenvalue weighted by atomic mass is 10.00. The summed E-state index contributed by atoms with van der Waals surface area (Å²) >= 11 is 9.24. The highest BCUT2D eigenvalue weighted by Gasteiger charge is 2.16. The second-order valence-corrected chi connectivity index (χ2v) is 5.45. The van der Waals surface area contributed by atoms with Crippen LogP contribution in [0.25, 0.3) is 0 Å². The topological polar surface area (TPSA) is 50.9 Å². The van der Waals surface area contributed by atoms with Crippen LogP contribution in [0.1, 0.15) is 17.2 Å². The van der Waals surface area contributed by atoms with Gasteiger partial charge in [0.25, 0.3) is 0 Å². The lowest BCUT2D eigenvalue weighted by molar-refractivity contribution is 0.510. The van der Waals surface area contributed by atoms with E-state index in [9.17, 15) is 4.39 Å². The highest BCUT2D eigenvalue weighted by Crippen LogP contribution is 2.24. The Morgan fingerprint density at radius 1 is 1.37 bits per heavy atom. The van der Waals surface area contributed by atoms with Crippen LogP contribution in [-0.4, -0.2) is 4.98 Å². The van der Waals surface area contributed by atoms with Gasteiger partial charge in [-0.3, -0.25) is 16.3 Å². The Morgan fingerprint density at radius 3 is 2.84 bits per heavy atom. The average Bonchev–Trinajstić information content (AvgIpc) is 2.39. The van der Waals surface area contributed by atoms with E-state index in [0.717, 1.165) is 10.0 Å². The average molecular weight is 345 g/mol. The van der Waals surface area contributed by atoms with Crippen LogP contribution in [0.2, 0.25) is 5.02 Å². The highest BCUT2D eigenvalue weighted by atomic mass is 79.9. The molecule has 1 unspecified atom stereocenters. The molecule has 0 amide bonds. The first-order valence-electron chi connectivity index (χ1n) is 5.60. The summed E-state index contributed by atoms with van der Waals surface area (Å²) in [5.41, 5.74) is 3.99. The molecule has 100 valence electrons. The fourth-order valence-electron chi connectivity index (χ4n) is 1.84. The third-order valence-corrected chi connectivity index (χ3v) is 3.40. The smallest absolute Gasteiger partial charge is 0.128 e. The molecule has 0 bridgehead atoms. The number of hydrogen-bond donors (Lipinski definition) is 2. The van der Waals surface area contributed by atoms with Crippen molar-refractivity contribution in [3.8, 4) is 0 Å². The second kappa shape index (κ2) is 6.43. The molecule has 0 spiro atoms. The Balaban J connectivity index is 2.27. The molecule has 1 atom stereocenters. The fraction of sp³-hybridized carbons (Fsp3) is 0.154. The first-order valence-corrected chi connectivity index (χ1v) is 6.77. The van der Waals surface area contributed by atoms with E-state index >= 15 is 0 Å². The minimum atomic E-state index is -0.366. The van der Waals surface area contributed by atoms with E-state index < -0.39 is 0 Å². The third-order valence-electron chi connectivity index (χ3n) is 2.74. The molecule has 3 N–H and O–H groups in total. The van der Waals surface area contributed by atoms with Gasteiger partial charge in [-0.25, -0.2) is 4.39 Å². The molecule has 0 aliphatic rings. The van der Waals surface area contributed by atoms with Gasteiger partial charge in [-0.1, -0.05) is 11.6 Å². The molecule has 0 radical (unpaired) electrons. The molecule has 1 heterocycles. The quantitative estimate of drug-likeness (QED) is 0.660. The summed E-state index contributed by atoms with van der Waals surface area (Å²) in [6.07, 6.45) is 3.92. The van der Waals surface area contributed by atoms with Crippen LogP contribution in [0.5, 0.6) is 0 Å². The van der Waals surface area contributed by atoms with E-state index in [-0.39, 0.29) is 11.9 Å². The van der Waals surface area contributed by atoms with Crippen LogP contribution >= 0.6 is 27.5 Å². The van der Waals surface area contributed by atoms with Crippen molar-refractivity contribution in [1.82, 2.24) is 10.4 Å². The molecule has 3 nitrogen and oxygen atoms in total. The van der Waals surface area contributed by atoms with E-state index in [4.69, 9.17) is 17.4 Å². The number of nitrogens with one attached hydrogen (secondary N) is 1. The predicted octanol–water partition coefficient (Wildman–Crippen LogP) is 3.38. The van der Waals surface area contributed by atoms with Crippen molar-refractivity contribution >= 4 is 27.5 Å². The van der Waals surface area contributed by atoms with Crippen molar-refractivity contribution < 1.29 is 4.39 Å². The molecule has 1 aromatic carbocycles. The molecular formula is C13H12BrClFN3. The maximum atomic E-state index is 13.8. The maximum absolute atomic E-state index is 13.8. The summed E-state index contributed by atoms with van der Waals surface area (Å²) < 4.78 is 14.7. The Hall–Kier alpha value is -1.01. The van der Waals surface area contributed by atoms with Gasteiger partial charge in [-0.2, -0.15) is 0 Å². The SMILES string of the molecule is NNC(Cc1cncc(Br)c1)c1cc(Cl)ccc1F. The maximum Gasteiger partial charge on any atom is 0.128 e. The number of nitrogens with zero attached hydrogens (tertiary/aromatic N) is 1. The largest absolute Gasteiger partial charge is 0.271 e. The number of nitrogens with two attached hydrogens (primary N) is 1. The van der Waals surface area contributed by atoms with Crippen molar-refractivity contribution in [3.05, 3.63) is 63.1 Å². The van der Waals surface area contributed by atoms with Gasteiger partial charge in [0.1, 0.15) is 5.82 Å². The molecule has 0 aliphatic heterocycles. The molecule has 6 heteroatoms. The number of hydrazine groups is 1. The lowest BCUT2D eigenvalue weighted by Crippen LogP contribution is -2.30. The first-order chi connectivity index (χ1) is 9.10. The number of hydrogen-bond acceptors (Lipinski definition) is 3. The van der Waals surface area contributed by atoms with Gasteiger partial charge in [0.2, 0.25) is 0 Å². The molecule has 2 rings (SSSR count). The zero-order valence-corrected chi connectivity index (χ0v) is 12.2.